The third kappa shape index (κ3) is 3.25. The predicted molar refractivity (Wildman–Crippen MR) is 75.1 cm³/mol. The van der Waals surface area contributed by atoms with E-state index < -0.39 is 15.8 Å². The Morgan fingerprint density at radius 3 is 2.45 bits per heavy atom. The molecule has 0 radical (unpaired) electrons. The number of halogens is 1. The van der Waals surface area contributed by atoms with Gasteiger partial charge in [0.15, 0.2) is 0 Å². The van der Waals surface area contributed by atoms with Gasteiger partial charge in [0.05, 0.1) is 11.9 Å². The van der Waals surface area contributed by atoms with E-state index in [9.17, 15) is 12.8 Å². The average molecular weight is 312 g/mol. The van der Waals surface area contributed by atoms with Gasteiger partial charge in [-0.1, -0.05) is 12.2 Å². The summed E-state index contributed by atoms with van der Waals surface area (Å²) in [4.78, 5) is 7.43. The molecule has 0 saturated carbocycles. The first kappa shape index (κ1) is 14.3. The van der Waals surface area contributed by atoms with Crippen LogP contribution in [0.4, 0.5) is 10.2 Å². The molecule has 20 heavy (non-hydrogen) atoms. The quantitative estimate of drug-likeness (QED) is 0.819. The van der Waals surface area contributed by atoms with Crippen LogP contribution >= 0.6 is 12.2 Å². The Kier molecular flexibility index (Phi) is 3.91. The molecule has 0 aliphatic rings. The molecule has 2 aromatic heterocycles. The van der Waals surface area contributed by atoms with E-state index in [1.54, 1.807) is 0 Å². The van der Waals surface area contributed by atoms with Crippen LogP contribution in [0.5, 0.6) is 0 Å². The number of nitrogens with zero attached hydrogens (tertiary/aromatic N) is 2. The Bertz CT molecular complexity index is 730. The number of aromatic nitrogens is 2. The molecule has 0 aliphatic heterocycles. The first-order chi connectivity index (χ1) is 9.38. The van der Waals surface area contributed by atoms with E-state index in [0.29, 0.717) is 5.69 Å². The summed E-state index contributed by atoms with van der Waals surface area (Å²) in [5, 5.41) is 0. The summed E-state index contributed by atoms with van der Waals surface area (Å²) < 4.78 is 38.9. The first-order valence-corrected chi connectivity index (χ1v) is 7.18. The van der Waals surface area contributed by atoms with Crippen LogP contribution in [0.15, 0.2) is 41.6 Å². The Morgan fingerprint density at radius 2 is 1.95 bits per heavy atom. The van der Waals surface area contributed by atoms with Crippen molar-refractivity contribution in [2.45, 2.75) is 4.90 Å². The van der Waals surface area contributed by atoms with Crippen molar-refractivity contribution in [3.8, 4) is 0 Å². The molecule has 2 aromatic rings. The van der Waals surface area contributed by atoms with Crippen LogP contribution in [0.25, 0.3) is 0 Å². The molecule has 6 nitrogen and oxygen atoms in total. The van der Waals surface area contributed by atoms with Crippen LogP contribution in [0, 0.1) is 5.82 Å². The normalized spacial score (nSPS) is 11.1. The molecule has 0 saturated heterocycles. The topological polar surface area (TPSA) is 98.0 Å². The molecule has 9 heteroatoms. The molecule has 0 aromatic carbocycles. The van der Waals surface area contributed by atoms with Crippen LogP contribution in [-0.2, 0) is 10.0 Å². The summed E-state index contributed by atoms with van der Waals surface area (Å²) in [6.07, 6.45) is 2.03. The second-order valence-corrected chi connectivity index (χ2v) is 5.83. The number of nitrogens with one attached hydrogen (secondary N) is 1. The number of sulfonamides is 1. The Balaban J connectivity index is 2.26. The van der Waals surface area contributed by atoms with Crippen molar-refractivity contribution in [2.24, 2.45) is 5.73 Å². The standard InChI is InChI=1S/C11H9FN4O2S2/c12-7-1-4-10(15-5-7)16-20(17,18)8-2-3-9(11(13)19)14-6-8/h1-6H,(H2,13,19)(H,15,16). The van der Waals surface area contributed by atoms with E-state index in [2.05, 4.69) is 14.7 Å². The molecule has 0 aliphatic carbocycles. The van der Waals surface area contributed by atoms with E-state index in [1.807, 2.05) is 0 Å². The van der Waals surface area contributed by atoms with Gasteiger partial charge in [0.25, 0.3) is 10.0 Å². The molecule has 0 unspecified atom stereocenters. The molecule has 0 fully saturated rings. The van der Waals surface area contributed by atoms with Crippen LogP contribution in [0.1, 0.15) is 5.69 Å². The molecule has 0 atom stereocenters. The molecule has 3 N–H and O–H groups in total. The highest BCUT2D eigenvalue weighted by atomic mass is 32.2. The van der Waals surface area contributed by atoms with Gasteiger partial charge in [-0.05, 0) is 24.3 Å². The lowest BCUT2D eigenvalue weighted by Crippen LogP contribution is -2.16. The molecule has 104 valence electrons. The van der Waals surface area contributed by atoms with Gasteiger partial charge >= 0.3 is 0 Å². The maximum absolute atomic E-state index is 12.7. The van der Waals surface area contributed by atoms with Gasteiger partial charge in [0.1, 0.15) is 21.5 Å². The van der Waals surface area contributed by atoms with Gasteiger partial charge in [0.2, 0.25) is 0 Å². The van der Waals surface area contributed by atoms with Crippen LogP contribution in [-0.4, -0.2) is 23.4 Å². The second kappa shape index (κ2) is 5.47. The number of thiocarbonyl (C=S) groups is 1. The minimum absolute atomic E-state index is 0.00447. The van der Waals surface area contributed by atoms with Crippen LogP contribution in [0.2, 0.25) is 0 Å². The number of nitrogens with two attached hydrogens (primary N) is 1. The maximum atomic E-state index is 12.7. The first-order valence-electron chi connectivity index (χ1n) is 5.29. The summed E-state index contributed by atoms with van der Waals surface area (Å²) >= 11 is 4.72. The van der Waals surface area contributed by atoms with E-state index in [0.717, 1.165) is 18.5 Å². The summed E-state index contributed by atoms with van der Waals surface area (Å²) in [6, 6.07) is 5.02. The number of hydrogen-bond acceptors (Lipinski definition) is 5. The highest BCUT2D eigenvalue weighted by molar-refractivity contribution is 7.92. The Morgan fingerprint density at radius 1 is 1.20 bits per heavy atom. The fourth-order valence-electron chi connectivity index (χ4n) is 1.32. The maximum Gasteiger partial charge on any atom is 0.264 e. The lowest BCUT2D eigenvalue weighted by Gasteiger charge is -2.07. The molecule has 0 bridgehead atoms. The fraction of sp³-hybridized carbons (Fsp3) is 0. The van der Waals surface area contributed by atoms with Crippen molar-refractivity contribution < 1.29 is 12.8 Å². The third-order valence-corrected chi connectivity index (χ3v) is 3.81. The summed E-state index contributed by atoms with van der Waals surface area (Å²) in [5.41, 5.74) is 5.69. The van der Waals surface area contributed by atoms with Crippen molar-refractivity contribution in [3.05, 3.63) is 48.2 Å². The van der Waals surface area contributed by atoms with Gasteiger partial charge in [0, 0.05) is 6.20 Å². The van der Waals surface area contributed by atoms with E-state index in [-0.39, 0.29) is 15.7 Å². The fourth-order valence-corrected chi connectivity index (χ4v) is 2.39. The minimum atomic E-state index is -3.85. The third-order valence-electron chi connectivity index (χ3n) is 2.27. The smallest absolute Gasteiger partial charge is 0.264 e. The summed E-state index contributed by atoms with van der Waals surface area (Å²) in [7, 11) is -3.85. The number of hydrogen-bond donors (Lipinski definition) is 2. The van der Waals surface area contributed by atoms with Gasteiger partial charge in [-0.15, -0.1) is 0 Å². The van der Waals surface area contributed by atoms with E-state index in [1.165, 1.54) is 18.2 Å². The zero-order valence-corrected chi connectivity index (χ0v) is 11.6. The second-order valence-electron chi connectivity index (χ2n) is 3.71. The lowest BCUT2D eigenvalue weighted by atomic mass is 10.3. The number of rotatable bonds is 4. The van der Waals surface area contributed by atoms with E-state index in [4.69, 9.17) is 18.0 Å². The highest BCUT2D eigenvalue weighted by Crippen LogP contribution is 2.13. The molecule has 0 spiro atoms. The lowest BCUT2D eigenvalue weighted by molar-refractivity contribution is 0.600. The van der Waals surface area contributed by atoms with Crippen molar-refractivity contribution >= 4 is 33.0 Å². The monoisotopic (exact) mass is 312 g/mol. The zero-order valence-electron chi connectivity index (χ0n) is 9.95. The van der Waals surface area contributed by atoms with Crippen molar-refractivity contribution in [2.75, 3.05) is 4.72 Å². The largest absolute Gasteiger partial charge is 0.388 e. The van der Waals surface area contributed by atoms with E-state index >= 15 is 0 Å². The van der Waals surface area contributed by atoms with Crippen molar-refractivity contribution in [3.63, 3.8) is 0 Å². The predicted octanol–water partition coefficient (Wildman–Crippen LogP) is 1.05. The zero-order chi connectivity index (χ0) is 14.8. The highest BCUT2D eigenvalue weighted by Gasteiger charge is 2.15. The van der Waals surface area contributed by atoms with Gasteiger partial charge in [-0.2, -0.15) is 0 Å². The SMILES string of the molecule is NC(=S)c1ccc(S(=O)(=O)Nc2ccc(F)cn2)cn1. The molecular formula is C11H9FN4O2S2. The molecule has 2 heterocycles. The molecular weight excluding hydrogens is 303 g/mol. The summed E-state index contributed by atoms with van der Waals surface area (Å²) in [6.45, 7) is 0. The molecule has 0 amide bonds. The van der Waals surface area contributed by atoms with Crippen LogP contribution in [0.3, 0.4) is 0 Å². The average Bonchev–Trinajstić information content (AvgIpc) is 2.41. The number of pyridine rings is 2. The molecule has 2 rings (SSSR count). The number of anilines is 1. The van der Waals surface area contributed by atoms with Gasteiger partial charge < -0.3 is 5.73 Å². The Hall–Kier alpha value is -2.13. The van der Waals surface area contributed by atoms with Crippen molar-refractivity contribution in [1.29, 1.82) is 0 Å². The summed E-state index contributed by atoms with van der Waals surface area (Å²) in [5.74, 6) is -0.555. The van der Waals surface area contributed by atoms with Crippen LogP contribution < -0.4 is 10.5 Å². The van der Waals surface area contributed by atoms with Crippen molar-refractivity contribution in [1.82, 2.24) is 9.97 Å². The van der Waals surface area contributed by atoms with Gasteiger partial charge in [-0.25, -0.2) is 17.8 Å². The van der Waals surface area contributed by atoms with Gasteiger partial charge in [-0.3, -0.25) is 9.71 Å². The Labute approximate surface area is 119 Å². The minimum Gasteiger partial charge on any atom is -0.388 e.